The zero-order chi connectivity index (χ0) is 65.9. The van der Waals surface area contributed by atoms with Crippen LogP contribution < -0.4 is 18.5 Å². The first-order chi connectivity index (χ1) is 44.9. The number of pyridine rings is 2. The first kappa shape index (κ1) is 68.0. The van der Waals surface area contributed by atoms with Crippen molar-refractivity contribution in [2.24, 2.45) is 11.8 Å². The van der Waals surface area contributed by atoms with E-state index in [0.29, 0.717) is 62.5 Å². The number of nitrogens with zero attached hydrogens (tertiary/aromatic N) is 6. The second kappa shape index (κ2) is 30.5. The summed E-state index contributed by atoms with van der Waals surface area (Å²) in [5.41, 5.74) is 3.11. The van der Waals surface area contributed by atoms with E-state index in [9.17, 15) is 41.7 Å². The van der Waals surface area contributed by atoms with Crippen LogP contribution in [0.5, 0.6) is 5.75 Å². The second-order valence-corrected chi connectivity index (χ2v) is 39.9. The van der Waals surface area contributed by atoms with E-state index in [1.165, 1.54) is 70.4 Å². The van der Waals surface area contributed by atoms with E-state index in [1.807, 2.05) is 79.2 Å². The molecule has 4 aromatic carbocycles. The number of ether oxygens (including phenoxy) is 2. The SMILES string of the molecule is CCC[CH2][Sn]([CH2]CCC)([CH2]CCC)[c]1ccccn1.C[C@@H](OC(=O)Nc1ccc(-c2c(C#N)c3ccc(-c4ccccn4)cc3n2C2CCC2)cc1)C1CC1.C[C@@H](OC(=O)Nc1ccc(-c2c(C#N)c3ccc(OS(=O)(=O)C(F)(F)F)cc3n2C2CCC2)cc1)C1CC1. The van der Waals surface area contributed by atoms with Crippen LogP contribution in [0.25, 0.3) is 55.6 Å². The van der Waals surface area contributed by atoms with Gasteiger partial charge in [0, 0.05) is 52.1 Å². The van der Waals surface area contributed by atoms with Gasteiger partial charge in [-0.3, -0.25) is 15.6 Å². The molecule has 488 valence electrons. The predicted octanol–water partition coefficient (Wildman–Crippen LogP) is 18.9. The van der Waals surface area contributed by atoms with E-state index in [2.05, 4.69) is 81.5 Å². The number of carbonyl (C=O) groups excluding carboxylic acids is 2. The third-order valence-electron chi connectivity index (χ3n) is 18.7. The van der Waals surface area contributed by atoms with Crippen LogP contribution in [0, 0.1) is 34.5 Å². The molecule has 2 atom stereocenters. The summed E-state index contributed by atoms with van der Waals surface area (Å²) in [6.07, 6.45) is 21.1. The van der Waals surface area contributed by atoms with E-state index in [1.54, 1.807) is 34.2 Å². The molecule has 4 aliphatic rings. The summed E-state index contributed by atoms with van der Waals surface area (Å²) in [5, 5.41) is 27.2. The van der Waals surface area contributed by atoms with Gasteiger partial charge in [0.05, 0.1) is 39.2 Å². The number of unbranched alkanes of at least 4 members (excludes halogenated alkanes) is 3. The van der Waals surface area contributed by atoms with Gasteiger partial charge in [0.2, 0.25) is 0 Å². The van der Waals surface area contributed by atoms with Crippen LogP contribution in [0.4, 0.5) is 34.1 Å². The van der Waals surface area contributed by atoms with Crippen LogP contribution >= 0.6 is 0 Å². The number of benzene rings is 4. The molecule has 4 aliphatic carbocycles. The van der Waals surface area contributed by atoms with Crippen molar-refractivity contribution in [1.29, 1.82) is 10.5 Å². The Kier molecular flexibility index (Phi) is 22.3. The van der Waals surface area contributed by atoms with E-state index < -0.39 is 51.9 Å². The number of rotatable bonds is 23. The summed E-state index contributed by atoms with van der Waals surface area (Å²) < 4.78 is 87.2. The van der Waals surface area contributed by atoms with Crippen molar-refractivity contribution in [2.75, 3.05) is 10.6 Å². The van der Waals surface area contributed by atoms with Gasteiger partial charge in [-0.15, -0.1) is 0 Å². The van der Waals surface area contributed by atoms with Crippen LogP contribution in [0.3, 0.4) is 0 Å². The third kappa shape index (κ3) is 16.2. The van der Waals surface area contributed by atoms with Crippen LogP contribution in [-0.2, 0) is 19.6 Å². The van der Waals surface area contributed by atoms with E-state index in [0.717, 1.165) is 97.3 Å². The minimum Gasteiger partial charge on any atom is -0.446 e. The van der Waals surface area contributed by atoms with Crippen molar-refractivity contribution >= 4 is 77.6 Å². The van der Waals surface area contributed by atoms with Crippen LogP contribution in [-0.4, -0.2) is 75.8 Å². The molecule has 0 bridgehead atoms. The second-order valence-electron chi connectivity index (χ2n) is 25.3. The van der Waals surface area contributed by atoms with Crippen molar-refractivity contribution in [1.82, 2.24) is 19.1 Å². The Morgan fingerprint density at radius 3 is 1.43 bits per heavy atom. The summed E-state index contributed by atoms with van der Waals surface area (Å²) in [7, 11) is -5.85. The van der Waals surface area contributed by atoms with Gasteiger partial charge in [-0.1, -0.05) is 42.5 Å². The fraction of sp³-hybridized carbons (Fsp3) is 0.425. The molecule has 20 heteroatoms. The monoisotopic (exact) mass is 1390 g/mol. The molecular formula is C73H83F3N8O7SSn. The summed E-state index contributed by atoms with van der Waals surface area (Å²) in [6.45, 7) is 10.8. The number of nitrogens with one attached hydrogen (secondary N) is 2. The summed E-state index contributed by atoms with van der Waals surface area (Å²) in [6, 6.07) is 42.0. The maximum atomic E-state index is 12.9. The molecule has 4 saturated carbocycles. The Bertz CT molecular complexity index is 4060. The Morgan fingerprint density at radius 2 is 1.04 bits per heavy atom. The molecule has 12 rings (SSSR count). The molecular weight excluding hydrogens is 1310 g/mol. The number of aromatic nitrogens is 4. The number of alkyl halides is 3. The first-order valence-corrected chi connectivity index (χ1v) is 41.9. The fourth-order valence-electron chi connectivity index (χ4n) is 12.7. The average Bonchev–Trinajstić information content (AvgIpc) is 1.60. The molecule has 0 radical (unpaired) electrons. The zero-order valence-corrected chi connectivity index (χ0v) is 57.4. The molecule has 2 amide bonds. The Balaban J connectivity index is 0.000000161. The molecule has 4 fully saturated rings. The van der Waals surface area contributed by atoms with Crippen molar-refractivity contribution in [3.63, 3.8) is 0 Å². The molecule has 0 unspecified atom stereocenters. The number of amides is 2. The smallest absolute Gasteiger partial charge is 0.446 e. The molecule has 93 heavy (non-hydrogen) atoms. The maximum Gasteiger partial charge on any atom is 0.534 e. The van der Waals surface area contributed by atoms with Crippen molar-refractivity contribution in [2.45, 2.75) is 180 Å². The minimum absolute atomic E-state index is 0.0271. The van der Waals surface area contributed by atoms with Gasteiger partial charge < -0.3 is 22.8 Å². The fourth-order valence-corrected chi connectivity index (χ4v) is 28.6. The van der Waals surface area contributed by atoms with Crippen molar-refractivity contribution in [3.8, 4) is 51.7 Å². The number of carbonyl (C=O) groups is 2. The summed E-state index contributed by atoms with van der Waals surface area (Å²) in [4.78, 5) is 33.8. The number of hydrogen-bond acceptors (Lipinski definition) is 11. The predicted molar refractivity (Wildman–Crippen MR) is 362 cm³/mol. The van der Waals surface area contributed by atoms with Gasteiger partial charge >= 0.3 is 152 Å². The third-order valence-corrected chi connectivity index (χ3v) is 34.9. The average molecular weight is 1390 g/mol. The quantitative estimate of drug-likeness (QED) is 0.0350. The molecule has 4 heterocycles. The molecule has 4 aromatic heterocycles. The van der Waals surface area contributed by atoms with Gasteiger partial charge in [-0.25, -0.2) is 9.59 Å². The summed E-state index contributed by atoms with van der Waals surface area (Å²) >= 11 is -2.21. The topological polar surface area (TPSA) is 203 Å². The van der Waals surface area contributed by atoms with Crippen LogP contribution in [0.15, 0.2) is 134 Å². The number of halogens is 3. The van der Waals surface area contributed by atoms with Gasteiger partial charge in [-0.2, -0.15) is 32.1 Å². The minimum atomic E-state index is -5.85. The first-order valence-electron chi connectivity index (χ1n) is 33.1. The van der Waals surface area contributed by atoms with E-state index >= 15 is 0 Å². The van der Waals surface area contributed by atoms with E-state index in [-0.39, 0.29) is 18.2 Å². The standard InChI is InChI=1S/C30H28N4O2.C26H24F3N3O5S.C5H4N.3C4H9.Sn/c1-19(20-8-9-20)36-30(35)33-23-13-10-21(11-14-23)29-26(18-31)25-15-12-22(27-7-2-3-16-32-27)17-28(25)34(29)24-5-4-6-24;1-15(16-5-6-16)36-25(33)31-18-9-7-17(8-10-18)24-22(14-30)21-12-11-20(37-38(34,35)26(27,28)29)13-23(21)32(24)19-3-2-4-19;1-2-4-6-5-3-1;3*1-3-4-2;/h2-3,7,10-17,19-20,24H,4-6,8-9H2,1H3,(H,33,35);7-13,15-16,19H,2-6H2,1H3,(H,31,33);1-4H;3*1,3-4H2,2H3;/t19-;15-;;;;;/m11...../s1. The number of fused-ring (bicyclic) bond motifs is 2. The van der Waals surface area contributed by atoms with Crippen LogP contribution in [0.2, 0.25) is 13.3 Å². The Hall–Kier alpha value is -7.88. The zero-order valence-electron chi connectivity index (χ0n) is 53.7. The molecule has 0 aliphatic heterocycles. The van der Waals surface area contributed by atoms with Gasteiger partial charge in [0.15, 0.2) is 0 Å². The number of hydrogen-bond donors (Lipinski definition) is 2. The van der Waals surface area contributed by atoms with Gasteiger partial charge in [0.1, 0.15) is 30.1 Å². The molecule has 0 saturated heterocycles. The van der Waals surface area contributed by atoms with Gasteiger partial charge in [0.25, 0.3) is 0 Å². The van der Waals surface area contributed by atoms with E-state index in [4.69, 9.17) is 14.5 Å². The van der Waals surface area contributed by atoms with Crippen molar-refractivity contribution < 1.29 is 44.8 Å². The molecule has 0 spiro atoms. The number of anilines is 2. The molecule has 8 aromatic rings. The Morgan fingerprint density at radius 1 is 0.602 bits per heavy atom. The maximum absolute atomic E-state index is 12.9. The van der Waals surface area contributed by atoms with Gasteiger partial charge in [-0.05, 0) is 156 Å². The largest absolute Gasteiger partial charge is 0.534 e. The summed E-state index contributed by atoms with van der Waals surface area (Å²) in [5.74, 6) is 0.400. The van der Waals surface area contributed by atoms with Crippen molar-refractivity contribution in [3.05, 3.63) is 145 Å². The van der Waals surface area contributed by atoms with Crippen LogP contribution in [0.1, 0.15) is 161 Å². The molecule has 15 nitrogen and oxygen atoms in total. The number of nitriles is 2. The Labute approximate surface area is 548 Å². The normalized spacial score (nSPS) is 15.6. The molecule has 2 N–H and O–H groups in total.